The quantitative estimate of drug-likeness (QED) is 0.350. The number of nitrogens with zero attached hydrogens (tertiary/aromatic N) is 2. The molecule has 0 aromatic carbocycles. The standard InChI is InChI=1S/C29H48N2O6/c1-11-14-30(27(8,9)17-26(5,6)7)24(34)22-29-15-18(4)28(10,37-29)21(25(35)36-13-3)20(29)23(33)31(22)19(12-2)16-32/h11,18-22,32H,1,12-17H2,2-10H3/t18?,19-,20-,21+,22?,28-,29?/m0/s1. The Hall–Kier alpha value is -1.93. The fraction of sp³-hybridized carbons (Fsp3) is 0.828. The Labute approximate surface area is 222 Å². The van der Waals surface area contributed by atoms with Gasteiger partial charge in [0.2, 0.25) is 11.8 Å². The van der Waals surface area contributed by atoms with Crippen molar-refractivity contribution >= 4 is 17.8 Å². The van der Waals surface area contributed by atoms with Crippen molar-refractivity contribution < 1.29 is 29.0 Å². The van der Waals surface area contributed by atoms with E-state index >= 15 is 0 Å². The average Bonchev–Trinajstić information content (AvgIpc) is 3.28. The molecule has 1 N–H and O–H groups in total. The monoisotopic (exact) mass is 520 g/mol. The molecule has 0 saturated carbocycles. The highest BCUT2D eigenvalue weighted by Gasteiger charge is 2.80. The summed E-state index contributed by atoms with van der Waals surface area (Å²) in [5.41, 5.74) is -2.67. The summed E-state index contributed by atoms with van der Waals surface area (Å²) in [7, 11) is 0. The highest BCUT2D eigenvalue weighted by atomic mass is 16.6. The van der Waals surface area contributed by atoms with Crippen LogP contribution in [0.1, 0.15) is 81.6 Å². The van der Waals surface area contributed by atoms with Gasteiger partial charge in [0, 0.05) is 12.1 Å². The molecule has 3 aliphatic rings. The maximum atomic E-state index is 14.7. The minimum Gasteiger partial charge on any atom is -0.466 e. The van der Waals surface area contributed by atoms with Crippen LogP contribution in [0.2, 0.25) is 0 Å². The molecule has 3 unspecified atom stereocenters. The van der Waals surface area contributed by atoms with Crippen molar-refractivity contribution in [2.45, 2.75) is 110 Å². The Morgan fingerprint density at radius 3 is 2.41 bits per heavy atom. The molecule has 7 atom stereocenters. The molecular weight excluding hydrogens is 472 g/mol. The predicted octanol–water partition coefficient (Wildman–Crippen LogP) is 3.56. The van der Waals surface area contributed by atoms with Gasteiger partial charge in [-0.3, -0.25) is 14.4 Å². The van der Waals surface area contributed by atoms with Crippen molar-refractivity contribution in [2.24, 2.45) is 23.2 Å². The van der Waals surface area contributed by atoms with Gasteiger partial charge in [0.15, 0.2) is 0 Å². The van der Waals surface area contributed by atoms with E-state index in [0.29, 0.717) is 19.4 Å². The van der Waals surface area contributed by atoms with Crippen LogP contribution in [0, 0.1) is 23.2 Å². The summed E-state index contributed by atoms with van der Waals surface area (Å²) in [6.07, 6.45) is 3.39. The van der Waals surface area contributed by atoms with E-state index in [1.54, 1.807) is 22.8 Å². The van der Waals surface area contributed by atoms with Crippen LogP contribution in [-0.4, -0.2) is 81.3 Å². The molecule has 8 nitrogen and oxygen atoms in total. The third-order valence-electron chi connectivity index (χ3n) is 8.87. The van der Waals surface area contributed by atoms with Crippen LogP contribution in [0.15, 0.2) is 12.7 Å². The van der Waals surface area contributed by atoms with Crippen LogP contribution in [-0.2, 0) is 23.9 Å². The SMILES string of the molecule is C=CCN(C(=O)C1N([C@@H](CC)CO)C(=O)[C@@H]2[C@H](C(=O)OCC)[C@@]3(C)OC12CC3C)C(C)(C)CC(C)(C)C. The zero-order valence-corrected chi connectivity index (χ0v) is 24.3. The van der Waals surface area contributed by atoms with Gasteiger partial charge in [-0.2, -0.15) is 0 Å². The van der Waals surface area contributed by atoms with E-state index in [9.17, 15) is 19.5 Å². The molecule has 3 fully saturated rings. The predicted molar refractivity (Wildman–Crippen MR) is 141 cm³/mol. The fourth-order valence-electron chi connectivity index (χ4n) is 7.66. The molecule has 3 saturated heterocycles. The highest BCUT2D eigenvalue weighted by molar-refractivity contribution is 5.99. The third-order valence-corrected chi connectivity index (χ3v) is 8.87. The number of ether oxygens (including phenoxy) is 2. The third kappa shape index (κ3) is 4.62. The number of aliphatic hydroxyl groups is 1. The Kier molecular flexibility index (Phi) is 8.00. The zero-order chi connectivity index (χ0) is 28.1. The number of hydrogen-bond acceptors (Lipinski definition) is 6. The summed E-state index contributed by atoms with van der Waals surface area (Å²) in [5.74, 6) is -2.70. The van der Waals surface area contributed by atoms with E-state index in [0.717, 1.165) is 6.42 Å². The summed E-state index contributed by atoms with van der Waals surface area (Å²) in [5, 5.41) is 10.3. The molecule has 0 aliphatic carbocycles. The second-order valence-electron chi connectivity index (χ2n) is 13.2. The average molecular weight is 521 g/mol. The second kappa shape index (κ2) is 9.99. The topological polar surface area (TPSA) is 96.4 Å². The van der Waals surface area contributed by atoms with E-state index < -0.39 is 46.6 Å². The number of esters is 1. The number of aliphatic hydroxyl groups excluding tert-OH is 1. The lowest BCUT2D eigenvalue weighted by atomic mass is 9.62. The summed E-state index contributed by atoms with van der Waals surface area (Å²) >= 11 is 0. The van der Waals surface area contributed by atoms with Gasteiger partial charge in [0.05, 0.1) is 30.8 Å². The Morgan fingerprint density at radius 1 is 1.30 bits per heavy atom. The van der Waals surface area contributed by atoms with Crippen molar-refractivity contribution in [1.82, 2.24) is 9.80 Å². The maximum Gasteiger partial charge on any atom is 0.312 e. The van der Waals surface area contributed by atoms with Crippen LogP contribution < -0.4 is 0 Å². The van der Waals surface area contributed by atoms with E-state index in [4.69, 9.17) is 9.47 Å². The van der Waals surface area contributed by atoms with Gasteiger partial charge in [0.1, 0.15) is 17.6 Å². The molecule has 8 heteroatoms. The lowest BCUT2D eigenvalue weighted by Gasteiger charge is -2.46. The minimum atomic E-state index is -1.17. The second-order valence-corrected chi connectivity index (χ2v) is 13.2. The number of likely N-dealkylation sites (tertiary alicyclic amines) is 1. The van der Waals surface area contributed by atoms with Gasteiger partial charge in [-0.1, -0.05) is 40.7 Å². The summed E-state index contributed by atoms with van der Waals surface area (Å²) in [6.45, 7) is 22.1. The smallest absolute Gasteiger partial charge is 0.312 e. The lowest BCUT2D eigenvalue weighted by molar-refractivity contribution is -0.164. The van der Waals surface area contributed by atoms with Gasteiger partial charge in [0.25, 0.3) is 0 Å². The molecule has 0 aromatic rings. The van der Waals surface area contributed by atoms with Gasteiger partial charge < -0.3 is 24.4 Å². The molecule has 0 radical (unpaired) electrons. The highest BCUT2D eigenvalue weighted by Crippen LogP contribution is 2.66. The van der Waals surface area contributed by atoms with Crippen molar-refractivity contribution in [3.8, 4) is 0 Å². The number of carbonyl (C=O) groups excluding carboxylic acids is 3. The first kappa shape index (κ1) is 29.6. The first-order valence-corrected chi connectivity index (χ1v) is 13.8. The van der Waals surface area contributed by atoms with Gasteiger partial charge >= 0.3 is 5.97 Å². The largest absolute Gasteiger partial charge is 0.466 e. The van der Waals surface area contributed by atoms with Crippen molar-refractivity contribution in [1.29, 1.82) is 0 Å². The van der Waals surface area contributed by atoms with Crippen LogP contribution in [0.5, 0.6) is 0 Å². The van der Waals surface area contributed by atoms with E-state index in [-0.39, 0.29) is 36.4 Å². The Morgan fingerprint density at radius 2 is 1.92 bits per heavy atom. The number of fused-ring (bicyclic) bond motifs is 1. The van der Waals surface area contributed by atoms with Crippen LogP contribution in [0.3, 0.4) is 0 Å². The number of hydrogen-bond donors (Lipinski definition) is 1. The number of amides is 2. The van der Waals surface area contributed by atoms with E-state index in [1.165, 1.54) is 0 Å². The molecule has 2 bridgehead atoms. The molecule has 37 heavy (non-hydrogen) atoms. The number of carbonyl (C=O) groups is 3. The van der Waals surface area contributed by atoms with Gasteiger partial charge in [-0.15, -0.1) is 6.58 Å². The lowest BCUT2D eigenvalue weighted by Crippen LogP contribution is -2.62. The van der Waals surface area contributed by atoms with E-state index in [2.05, 4.69) is 27.4 Å². The minimum absolute atomic E-state index is 0.0500. The maximum absolute atomic E-state index is 14.7. The molecule has 3 aliphatic heterocycles. The molecule has 2 amide bonds. The van der Waals surface area contributed by atoms with Crippen LogP contribution in [0.25, 0.3) is 0 Å². The summed E-state index contributed by atoms with van der Waals surface area (Å²) < 4.78 is 12.2. The van der Waals surface area contributed by atoms with Crippen molar-refractivity contribution in [2.75, 3.05) is 19.8 Å². The van der Waals surface area contributed by atoms with Gasteiger partial charge in [-0.05, 0) is 58.3 Å². The zero-order valence-electron chi connectivity index (χ0n) is 24.3. The molecule has 3 rings (SSSR count). The van der Waals surface area contributed by atoms with Crippen molar-refractivity contribution in [3.63, 3.8) is 0 Å². The Bertz CT molecular complexity index is 922. The van der Waals surface area contributed by atoms with Crippen molar-refractivity contribution in [3.05, 3.63) is 12.7 Å². The first-order chi connectivity index (χ1) is 17.1. The summed E-state index contributed by atoms with van der Waals surface area (Å²) in [6, 6.07) is -1.52. The molecule has 210 valence electrons. The first-order valence-electron chi connectivity index (χ1n) is 13.8. The molecule has 3 heterocycles. The fourth-order valence-corrected chi connectivity index (χ4v) is 7.66. The van der Waals surface area contributed by atoms with Crippen LogP contribution in [0.4, 0.5) is 0 Å². The van der Waals surface area contributed by atoms with Gasteiger partial charge in [-0.25, -0.2) is 0 Å². The molecular formula is C29H48N2O6. The molecule has 1 spiro atoms. The summed E-state index contributed by atoms with van der Waals surface area (Å²) in [4.78, 5) is 45.5. The molecule has 0 aromatic heterocycles. The van der Waals surface area contributed by atoms with E-state index in [1.807, 2.05) is 34.6 Å². The van der Waals surface area contributed by atoms with Crippen LogP contribution >= 0.6 is 0 Å². The number of rotatable bonds is 10. The Balaban J connectivity index is 2.19. The normalized spacial score (nSPS) is 33.9.